The third-order valence-electron chi connectivity index (χ3n) is 3.13. The van der Waals surface area contributed by atoms with Crippen LogP contribution < -0.4 is 0 Å². The molecule has 2 atom stereocenters. The molecular formula is C12H18N2O3. The number of aryl methyl sites for hydroxylation is 1. The van der Waals surface area contributed by atoms with Gasteiger partial charge in [0.1, 0.15) is 5.69 Å². The van der Waals surface area contributed by atoms with Crippen molar-refractivity contribution < 1.29 is 14.6 Å². The van der Waals surface area contributed by atoms with Crippen LogP contribution >= 0.6 is 0 Å². The van der Waals surface area contributed by atoms with Crippen LogP contribution in [0.2, 0.25) is 0 Å². The average Bonchev–Trinajstić information content (AvgIpc) is 2.75. The van der Waals surface area contributed by atoms with Crippen molar-refractivity contribution in [3.05, 3.63) is 24.0 Å². The zero-order valence-electron chi connectivity index (χ0n) is 10.2. The zero-order valence-corrected chi connectivity index (χ0v) is 10.2. The standard InChI is InChI=1S/C12H18N2O3/c1-9-8-17-10(7-15)6-14(9)12(16)11-4-3-5-13(11)2/h3-5,9-10,15H,6-8H2,1-2H3. The minimum Gasteiger partial charge on any atom is -0.394 e. The molecule has 1 N–H and O–H groups in total. The summed E-state index contributed by atoms with van der Waals surface area (Å²) in [6.07, 6.45) is 1.58. The predicted octanol–water partition coefficient (Wildman–Crippen LogP) is 0.247. The van der Waals surface area contributed by atoms with Gasteiger partial charge < -0.3 is 19.3 Å². The lowest BCUT2D eigenvalue weighted by Crippen LogP contribution is -2.52. The van der Waals surface area contributed by atoms with E-state index >= 15 is 0 Å². The Morgan fingerprint density at radius 3 is 3.00 bits per heavy atom. The molecule has 1 aromatic heterocycles. The third kappa shape index (κ3) is 2.35. The van der Waals surface area contributed by atoms with Gasteiger partial charge in [-0.05, 0) is 19.1 Å². The highest BCUT2D eigenvalue weighted by molar-refractivity contribution is 5.93. The molecule has 1 amide bonds. The van der Waals surface area contributed by atoms with Crippen molar-refractivity contribution in [3.63, 3.8) is 0 Å². The Morgan fingerprint density at radius 1 is 1.65 bits per heavy atom. The van der Waals surface area contributed by atoms with Gasteiger partial charge >= 0.3 is 0 Å². The summed E-state index contributed by atoms with van der Waals surface area (Å²) in [5, 5.41) is 9.09. The van der Waals surface area contributed by atoms with E-state index in [1.807, 2.05) is 26.2 Å². The maximum atomic E-state index is 12.3. The number of hydrogen-bond acceptors (Lipinski definition) is 3. The molecule has 1 aliphatic rings. The summed E-state index contributed by atoms with van der Waals surface area (Å²) in [5.41, 5.74) is 0.662. The highest BCUT2D eigenvalue weighted by atomic mass is 16.5. The number of ether oxygens (including phenoxy) is 1. The van der Waals surface area contributed by atoms with Gasteiger partial charge in [0.05, 0.1) is 25.4 Å². The summed E-state index contributed by atoms with van der Waals surface area (Å²) in [5.74, 6) is -0.00764. The number of carbonyl (C=O) groups excluding carboxylic acids is 1. The Labute approximate surface area is 101 Å². The molecule has 5 heteroatoms. The molecule has 0 bridgehead atoms. The number of hydrogen-bond donors (Lipinski definition) is 1. The van der Waals surface area contributed by atoms with Gasteiger partial charge in [-0.15, -0.1) is 0 Å². The van der Waals surface area contributed by atoms with E-state index < -0.39 is 0 Å². The summed E-state index contributed by atoms with van der Waals surface area (Å²) in [7, 11) is 1.85. The van der Waals surface area contributed by atoms with Gasteiger partial charge in [-0.25, -0.2) is 0 Å². The number of amides is 1. The first kappa shape index (κ1) is 12.1. The van der Waals surface area contributed by atoms with Crippen molar-refractivity contribution in [2.45, 2.75) is 19.1 Å². The number of aliphatic hydroxyl groups is 1. The maximum Gasteiger partial charge on any atom is 0.270 e. The van der Waals surface area contributed by atoms with Gasteiger partial charge in [0.2, 0.25) is 0 Å². The fraction of sp³-hybridized carbons (Fsp3) is 0.583. The highest BCUT2D eigenvalue weighted by Gasteiger charge is 2.30. The molecule has 2 heterocycles. The van der Waals surface area contributed by atoms with Crippen LogP contribution in [0.1, 0.15) is 17.4 Å². The van der Waals surface area contributed by atoms with Crippen molar-refractivity contribution >= 4 is 5.91 Å². The molecule has 94 valence electrons. The maximum absolute atomic E-state index is 12.3. The quantitative estimate of drug-likeness (QED) is 0.803. The van der Waals surface area contributed by atoms with Crippen molar-refractivity contribution in [2.24, 2.45) is 7.05 Å². The highest BCUT2D eigenvalue weighted by Crippen LogP contribution is 2.15. The lowest BCUT2D eigenvalue weighted by atomic mass is 10.2. The number of aromatic nitrogens is 1. The van der Waals surface area contributed by atoms with Gasteiger partial charge in [-0.2, -0.15) is 0 Å². The monoisotopic (exact) mass is 238 g/mol. The number of nitrogens with zero attached hydrogens (tertiary/aromatic N) is 2. The van der Waals surface area contributed by atoms with Crippen LogP contribution in [0.4, 0.5) is 0 Å². The predicted molar refractivity (Wildman–Crippen MR) is 62.7 cm³/mol. The smallest absolute Gasteiger partial charge is 0.270 e. The number of rotatable bonds is 2. The molecule has 1 saturated heterocycles. The molecular weight excluding hydrogens is 220 g/mol. The van der Waals surface area contributed by atoms with Crippen LogP contribution in [0, 0.1) is 0 Å². The van der Waals surface area contributed by atoms with Crippen molar-refractivity contribution in [1.82, 2.24) is 9.47 Å². The summed E-state index contributed by atoms with van der Waals surface area (Å²) in [4.78, 5) is 14.1. The van der Waals surface area contributed by atoms with Gasteiger partial charge in [0.15, 0.2) is 0 Å². The molecule has 1 aromatic rings. The Hall–Kier alpha value is -1.33. The van der Waals surface area contributed by atoms with Gasteiger partial charge in [-0.1, -0.05) is 0 Å². The minimum absolute atomic E-state index is 0.00764. The fourth-order valence-corrected chi connectivity index (χ4v) is 2.04. The second-order valence-corrected chi connectivity index (χ2v) is 4.45. The second-order valence-electron chi connectivity index (χ2n) is 4.45. The van der Waals surface area contributed by atoms with Gasteiger partial charge in [-0.3, -0.25) is 4.79 Å². The van der Waals surface area contributed by atoms with Crippen LogP contribution in [-0.2, 0) is 11.8 Å². The molecule has 0 spiro atoms. The van der Waals surface area contributed by atoms with E-state index in [0.29, 0.717) is 18.8 Å². The number of carbonyl (C=O) groups is 1. The lowest BCUT2D eigenvalue weighted by Gasteiger charge is -2.37. The summed E-state index contributed by atoms with van der Waals surface area (Å²) < 4.78 is 7.22. The van der Waals surface area contributed by atoms with Gasteiger partial charge in [0.25, 0.3) is 5.91 Å². The molecule has 0 radical (unpaired) electrons. The van der Waals surface area contributed by atoms with Gasteiger partial charge in [0, 0.05) is 19.8 Å². The second kappa shape index (κ2) is 4.89. The summed E-state index contributed by atoms with van der Waals surface area (Å²) in [6, 6.07) is 3.69. The van der Waals surface area contributed by atoms with Crippen LogP contribution in [-0.4, -0.2) is 52.4 Å². The Bertz CT molecular complexity index is 402. The molecule has 2 rings (SSSR count). The molecule has 0 saturated carbocycles. The molecule has 1 aliphatic heterocycles. The number of aliphatic hydroxyl groups excluding tert-OH is 1. The van der Waals surface area contributed by atoms with Crippen LogP contribution in [0.3, 0.4) is 0 Å². The van der Waals surface area contributed by atoms with Crippen LogP contribution in [0.15, 0.2) is 18.3 Å². The first-order valence-electron chi connectivity index (χ1n) is 5.78. The van der Waals surface area contributed by atoms with Crippen molar-refractivity contribution in [2.75, 3.05) is 19.8 Å². The Balaban J connectivity index is 2.15. The van der Waals surface area contributed by atoms with Crippen molar-refractivity contribution in [1.29, 1.82) is 0 Å². The van der Waals surface area contributed by atoms with E-state index in [2.05, 4.69) is 0 Å². The van der Waals surface area contributed by atoms with E-state index in [1.165, 1.54) is 0 Å². The summed E-state index contributed by atoms with van der Waals surface area (Å²) in [6.45, 7) is 2.82. The summed E-state index contributed by atoms with van der Waals surface area (Å²) >= 11 is 0. The molecule has 2 unspecified atom stereocenters. The Kier molecular flexibility index (Phi) is 3.49. The molecule has 0 aliphatic carbocycles. The normalized spacial score (nSPS) is 25.0. The largest absolute Gasteiger partial charge is 0.394 e. The average molecular weight is 238 g/mol. The van der Waals surface area contributed by atoms with Crippen molar-refractivity contribution in [3.8, 4) is 0 Å². The Morgan fingerprint density at radius 2 is 2.41 bits per heavy atom. The van der Waals surface area contributed by atoms with E-state index in [-0.39, 0.29) is 24.7 Å². The zero-order chi connectivity index (χ0) is 12.4. The topological polar surface area (TPSA) is 54.7 Å². The number of morpholine rings is 1. The van der Waals surface area contributed by atoms with E-state index in [9.17, 15) is 4.79 Å². The molecule has 5 nitrogen and oxygen atoms in total. The van der Waals surface area contributed by atoms with E-state index in [1.54, 1.807) is 15.5 Å². The fourth-order valence-electron chi connectivity index (χ4n) is 2.04. The first-order chi connectivity index (χ1) is 8.13. The minimum atomic E-state index is -0.268. The molecule has 0 aromatic carbocycles. The SMILES string of the molecule is CC1COC(CO)CN1C(=O)c1cccn1C. The van der Waals surface area contributed by atoms with Crippen LogP contribution in [0.5, 0.6) is 0 Å². The molecule has 17 heavy (non-hydrogen) atoms. The lowest BCUT2D eigenvalue weighted by molar-refractivity contribution is -0.0669. The first-order valence-corrected chi connectivity index (χ1v) is 5.78. The van der Waals surface area contributed by atoms with E-state index in [0.717, 1.165) is 0 Å². The molecule has 1 fully saturated rings. The van der Waals surface area contributed by atoms with E-state index in [4.69, 9.17) is 9.84 Å². The van der Waals surface area contributed by atoms with Crippen LogP contribution in [0.25, 0.3) is 0 Å². The third-order valence-corrected chi connectivity index (χ3v) is 3.13.